The van der Waals surface area contributed by atoms with Crippen LogP contribution in [-0.4, -0.2) is 11.1 Å². The summed E-state index contributed by atoms with van der Waals surface area (Å²) in [6.45, 7) is 9.02. The van der Waals surface area contributed by atoms with Crippen LogP contribution in [0.15, 0.2) is 12.2 Å². The molecule has 0 aliphatic heterocycles. The molecule has 5 unspecified atom stereocenters. The number of carboxylic acid groups (broad SMARTS) is 1. The Balaban J connectivity index is 2.05. The Labute approximate surface area is 117 Å². The first kappa shape index (κ1) is 14.6. The number of rotatable bonds is 5. The molecule has 0 aromatic heterocycles. The highest BCUT2D eigenvalue weighted by molar-refractivity contribution is 5.70. The fourth-order valence-electron chi connectivity index (χ4n) is 4.68. The molecule has 5 atom stereocenters. The normalized spacial score (nSPS) is 37.9. The van der Waals surface area contributed by atoms with E-state index in [1.54, 1.807) is 0 Å². The summed E-state index contributed by atoms with van der Waals surface area (Å²) >= 11 is 0. The number of hydrogen-bond acceptors (Lipinski definition) is 1. The van der Waals surface area contributed by atoms with Gasteiger partial charge in [-0.3, -0.25) is 4.79 Å². The lowest BCUT2D eigenvalue weighted by Gasteiger charge is -2.63. The Bertz CT molecular complexity index is 369. The van der Waals surface area contributed by atoms with E-state index in [0.29, 0.717) is 17.3 Å². The number of carbonyl (C=O) groups is 1. The summed E-state index contributed by atoms with van der Waals surface area (Å²) in [6, 6.07) is 0. The van der Waals surface area contributed by atoms with Crippen molar-refractivity contribution in [3.05, 3.63) is 12.2 Å². The van der Waals surface area contributed by atoms with Crippen molar-refractivity contribution in [3.63, 3.8) is 0 Å². The van der Waals surface area contributed by atoms with E-state index in [-0.39, 0.29) is 5.92 Å². The maximum atomic E-state index is 11.6. The number of allylic oxidation sites excluding steroid dienone is 2. The summed E-state index contributed by atoms with van der Waals surface area (Å²) in [6.07, 6.45) is 8.26. The summed E-state index contributed by atoms with van der Waals surface area (Å²) in [7, 11) is 0. The van der Waals surface area contributed by atoms with Gasteiger partial charge in [0.1, 0.15) is 0 Å². The fraction of sp³-hybridized carbons (Fsp3) is 0.824. The minimum atomic E-state index is -0.583. The third-order valence-corrected chi connectivity index (χ3v) is 6.13. The van der Waals surface area contributed by atoms with Crippen molar-refractivity contribution < 1.29 is 9.90 Å². The van der Waals surface area contributed by atoms with Gasteiger partial charge in [-0.1, -0.05) is 32.9 Å². The molecule has 0 amide bonds. The van der Waals surface area contributed by atoms with Crippen molar-refractivity contribution in [2.24, 2.45) is 35.0 Å². The first-order valence-electron chi connectivity index (χ1n) is 7.73. The molecule has 0 spiro atoms. The molecule has 2 nitrogen and oxygen atoms in total. The fourth-order valence-corrected chi connectivity index (χ4v) is 4.68. The Morgan fingerprint density at radius 2 is 2.11 bits per heavy atom. The minimum absolute atomic E-state index is 0.146. The summed E-state index contributed by atoms with van der Waals surface area (Å²) in [4.78, 5) is 11.6. The van der Waals surface area contributed by atoms with E-state index < -0.39 is 5.97 Å². The van der Waals surface area contributed by atoms with Crippen LogP contribution in [-0.2, 0) is 4.79 Å². The van der Waals surface area contributed by atoms with Gasteiger partial charge in [-0.15, -0.1) is 0 Å². The zero-order valence-electron chi connectivity index (χ0n) is 12.7. The largest absolute Gasteiger partial charge is 0.481 e. The summed E-state index contributed by atoms with van der Waals surface area (Å²) < 4.78 is 0. The molecule has 0 heterocycles. The second-order valence-electron chi connectivity index (χ2n) is 7.21. The lowest BCUT2D eigenvalue weighted by molar-refractivity contribution is -0.163. The van der Waals surface area contributed by atoms with Gasteiger partial charge < -0.3 is 5.11 Å². The van der Waals surface area contributed by atoms with E-state index in [9.17, 15) is 9.90 Å². The molecule has 2 bridgehead atoms. The van der Waals surface area contributed by atoms with Gasteiger partial charge in [0.25, 0.3) is 0 Å². The van der Waals surface area contributed by atoms with E-state index in [2.05, 4.69) is 26.8 Å². The second kappa shape index (κ2) is 5.30. The Hall–Kier alpha value is -0.790. The molecule has 3 aliphatic carbocycles. The summed E-state index contributed by atoms with van der Waals surface area (Å²) in [5.74, 6) is 1.71. The predicted molar refractivity (Wildman–Crippen MR) is 77.8 cm³/mol. The quantitative estimate of drug-likeness (QED) is 0.749. The average Bonchev–Trinajstić information content (AvgIpc) is 2.34. The zero-order valence-corrected chi connectivity index (χ0v) is 12.7. The van der Waals surface area contributed by atoms with Crippen molar-refractivity contribution in [2.45, 2.75) is 53.4 Å². The molecule has 0 aromatic rings. The average molecular weight is 264 g/mol. The lowest BCUT2D eigenvalue weighted by Crippen LogP contribution is -2.56. The van der Waals surface area contributed by atoms with Crippen molar-refractivity contribution >= 4 is 5.97 Å². The first-order chi connectivity index (χ1) is 8.89. The number of carboxylic acids is 1. The molecule has 3 fully saturated rings. The van der Waals surface area contributed by atoms with E-state index in [1.165, 1.54) is 6.42 Å². The van der Waals surface area contributed by atoms with Gasteiger partial charge in [0.05, 0.1) is 5.92 Å². The maximum Gasteiger partial charge on any atom is 0.306 e. The van der Waals surface area contributed by atoms with Gasteiger partial charge in [-0.25, -0.2) is 0 Å². The molecule has 108 valence electrons. The molecule has 0 saturated heterocycles. The Morgan fingerprint density at radius 3 is 2.58 bits per heavy atom. The van der Waals surface area contributed by atoms with Crippen LogP contribution in [0.1, 0.15) is 53.4 Å². The highest BCUT2D eigenvalue weighted by atomic mass is 16.4. The monoisotopic (exact) mass is 264 g/mol. The second-order valence-corrected chi connectivity index (χ2v) is 7.21. The molecule has 0 radical (unpaired) electrons. The van der Waals surface area contributed by atoms with Gasteiger partial charge in [-0.2, -0.15) is 0 Å². The van der Waals surface area contributed by atoms with Gasteiger partial charge in [0, 0.05) is 0 Å². The van der Waals surface area contributed by atoms with Gasteiger partial charge >= 0.3 is 5.97 Å². The highest BCUT2D eigenvalue weighted by Gasteiger charge is 2.57. The Kier molecular flexibility index (Phi) is 4.08. The van der Waals surface area contributed by atoms with Crippen LogP contribution >= 0.6 is 0 Å². The molecular weight excluding hydrogens is 236 g/mol. The highest BCUT2D eigenvalue weighted by Crippen LogP contribution is 2.64. The van der Waals surface area contributed by atoms with Crippen LogP contribution in [0.4, 0.5) is 0 Å². The maximum absolute atomic E-state index is 11.6. The van der Waals surface area contributed by atoms with E-state index in [1.807, 2.05) is 13.0 Å². The lowest BCUT2D eigenvalue weighted by atomic mass is 9.42. The molecule has 3 aliphatic rings. The third-order valence-electron chi connectivity index (χ3n) is 6.13. The summed E-state index contributed by atoms with van der Waals surface area (Å²) in [5, 5.41) is 9.55. The van der Waals surface area contributed by atoms with Gasteiger partial charge in [-0.05, 0) is 61.7 Å². The van der Waals surface area contributed by atoms with Crippen LogP contribution in [0.25, 0.3) is 0 Å². The van der Waals surface area contributed by atoms with Gasteiger partial charge in [0.2, 0.25) is 0 Å². The van der Waals surface area contributed by atoms with Crippen LogP contribution in [0, 0.1) is 35.0 Å². The third kappa shape index (κ3) is 2.46. The molecule has 1 N–H and O–H groups in total. The molecule has 0 aromatic carbocycles. The summed E-state index contributed by atoms with van der Waals surface area (Å²) in [5.41, 5.74) is 0.447. The van der Waals surface area contributed by atoms with Gasteiger partial charge in [0.15, 0.2) is 0 Å². The molecule has 3 rings (SSSR count). The topological polar surface area (TPSA) is 37.3 Å². The Morgan fingerprint density at radius 1 is 1.42 bits per heavy atom. The molecular formula is C17H28O2. The molecule has 2 heteroatoms. The molecule has 3 saturated carbocycles. The van der Waals surface area contributed by atoms with Crippen LogP contribution < -0.4 is 0 Å². The van der Waals surface area contributed by atoms with Crippen LogP contribution in [0.3, 0.4) is 0 Å². The van der Waals surface area contributed by atoms with Crippen molar-refractivity contribution in [3.8, 4) is 0 Å². The number of hydrogen-bond donors (Lipinski definition) is 1. The van der Waals surface area contributed by atoms with E-state index in [4.69, 9.17) is 0 Å². The number of aliphatic carboxylic acids is 1. The van der Waals surface area contributed by atoms with Crippen molar-refractivity contribution in [1.82, 2.24) is 0 Å². The minimum Gasteiger partial charge on any atom is -0.481 e. The van der Waals surface area contributed by atoms with Crippen LogP contribution in [0.5, 0.6) is 0 Å². The standard InChI is InChI=1S/C17H28O2/c1-5-6-7-8-13(16(18)19)14-9-12-10-15(11(14)2)17(12,3)4/h5-6,11-15H,7-10H2,1-4H3,(H,18,19). The smallest absolute Gasteiger partial charge is 0.306 e. The predicted octanol–water partition coefficient (Wildman–Crippen LogP) is 4.36. The van der Waals surface area contributed by atoms with E-state index >= 15 is 0 Å². The van der Waals surface area contributed by atoms with Crippen molar-refractivity contribution in [2.75, 3.05) is 0 Å². The number of fused-ring (bicyclic) bond motifs is 2. The van der Waals surface area contributed by atoms with Crippen LogP contribution in [0.2, 0.25) is 0 Å². The molecule has 19 heavy (non-hydrogen) atoms. The van der Waals surface area contributed by atoms with Crippen molar-refractivity contribution in [1.29, 1.82) is 0 Å². The zero-order chi connectivity index (χ0) is 14.2. The van der Waals surface area contributed by atoms with E-state index in [0.717, 1.165) is 31.1 Å². The first-order valence-corrected chi connectivity index (χ1v) is 7.73. The SMILES string of the molecule is CC=CCCC(C(=O)O)C1CC2CC(C1C)C2(C)C.